The van der Waals surface area contributed by atoms with Crippen LogP contribution >= 0.6 is 0 Å². The highest BCUT2D eigenvalue weighted by atomic mass is 16.5. The summed E-state index contributed by atoms with van der Waals surface area (Å²) in [6, 6.07) is 10.4. The first-order chi connectivity index (χ1) is 11.7. The molecule has 0 aromatic heterocycles. The van der Waals surface area contributed by atoms with E-state index in [0.717, 1.165) is 29.8 Å². The van der Waals surface area contributed by atoms with Gasteiger partial charge in [-0.3, -0.25) is 4.90 Å². The smallest absolute Gasteiger partial charge is 0.203 e. The predicted molar refractivity (Wildman–Crippen MR) is 96.9 cm³/mol. The zero-order valence-corrected chi connectivity index (χ0v) is 14.6. The summed E-state index contributed by atoms with van der Waals surface area (Å²) in [5.41, 5.74) is 4.52. The van der Waals surface area contributed by atoms with Gasteiger partial charge in [0, 0.05) is 18.7 Å². The number of benzene rings is 2. The molecule has 1 heterocycles. The van der Waals surface area contributed by atoms with E-state index in [1.54, 1.807) is 21.3 Å². The number of rotatable bonds is 3. The van der Waals surface area contributed by atoms with Gasteiger partial charge in [-0.15, -0.1) is 0 Å². The molecule has 0 radical (unpaired) electrons. The maximum Gasteiger partial charge on any atom is 0.203 e. The summed E-state index contributed by atoms with van der Waals surface area (Å²) in [7, 11) is 7.07. The molecule has 24 heavy (non-hydrogen) atoms. The van der Waals surface area contributed by atoms with E-state index in [0.29, 0.717) is 17.2 Å². The number of likely N-dealkylation sites (N-methyl/N-ethyl adjacent to an activating group) is 1. The van der Waals surface area contributed by atoms with Crippen LogP contribution in [-0.4, -0.2) is 39.8 Å². The van der Waals surface area contributed by atoms with Crippen molar-refractivity contribution in [3.05, 3.63) is 47.5 Å². The van der Waals surface area contributed by atoms with Gasteiger partial charge in [0.1, 0.15) is 0 Å². The van der Waals surface area contributed by atoms with Gasteiger partial charge >= 0.3 is 0 Å². The summed E-state index contributed by atoms with van der Waals surface area (Å²) in [5.74, 6) is 1.99. The minimum absolute atomic E-state index is 0.620. The standard InChI is InChI=1S/C20H23NO3/c1-21-11-7-9-14-12-17(22-2)19(23-3)20(24-4)18(14)16-10-6-5-8-15(16)13-21/h5-10,12H,11,13H2,1-4H3/b9-7-. The molecule has 0 N–H and O–H groups in total. The number of ether oxygens (including phenoxy) is 3. The highest BCUT2D eigenvalue weighted by Crippen LogP contribution is 2.48. The molecule has 0 spiro atoms. The van der Waals surface area contributed by atoms with Crippen LogP contribution < -0.4 is 14.2 Å². The van der Waals surface area contributed by atoms with Crippen LogP contribution in [0.3, 0.4) is 0 Å². The Morgan fingerprint density at radius 1 is 0.958 bits per heavy atom. The zero-order chi connectivity index (χ0) is 17.1. The molecule has 0 bridgehead atoms. The summed E-state index contributed by atoms with van der Waals surface area (Å²) in [6.07, 6.45) is 4.29. The van der Waals surface area contributed by atoms with Crippen molar-refractivity contribution in [2.75, 3.05) is 34.9 Å². The third kappa shape index (κ3) is 2.85. The Morgan fingerprint density at radius 2 is 1.71 bits per heavy atom. The van der Waals surface area contributed by atoms with Gasteiger partial charge in [-0.2, -0.15) is 0 Å². The maximum atomic E-state index is 5.75. The number of methoxy groups -OCH3 is 3. The van der Waals surface area contributed by atoms with Crippen LogP contribution in [-0.2, 0) is 6.54 Å². The van der Waals surface area contributed by atoms with Crippen molar-refractivity contribution in [1.82, 2.24) is 4.90 Å². The molecule has 4 nitrogen and oxygen atoms in total. The van der Waals surface area contributed by atoms with Gasteiger partial charge in [0.2, 0.25) is 5.75 Å². The highest BCUT2D eigenvalue weighted by molar-refractivity contribution is 5.86. The van der Waals surface area contributed by atoms with Crippen LogP contribution in [0.5, 0.6) is 17.2 Å². The van der Waals surface area contributed by atoms with E-state index in [2.05, 4.69) is 48.4 Å². The van der Waals surface area contributed by atoms with E-state index in [1.807, 2.05) is 6.07 Å². The molecule has 0 saturated carbocycles. The molecule has 1 aliphatic heterocycles. The lowest BCUT2D eigenvalue weighted by Crippen LogP contribution is -2.17. The van der Waals surface area contributed by atoms with Gasteiger partial charge < -0.3 is 14.2 Å². The van der Waals surface area contributed by atoms with E-state index in [-0.39, 0.29) is 0 Å². The fourth-order valence-corrected chi connectivity index (χ4v) is 3.20. The van der Waals surface area contributed by atoms with E-state index in [9.17, 15) is 0 Å². The van der Waals surface area contributed by atoms with Crippen LogP contribution in [0.4, 0.5) is 0 Å². The van der Waals surface area contributed by atoms with Crippen molar-refractivity contribution in [3.63, 3.8) is 0 Å². The Labute approximate surface area is 143 Å². The van der Waals surface area contributed by atoms with Gasteiger partial charge in [0.15, 0.2) is 11.5 Å². The molecule has 1 aliphatic rings. The minimum atomic E-state index is 0.620. The van der Waals surface area contributed by atoms with Crippen LogP contribution in [0.15, 0.2) is 36.4 Å². The monoisotopic (exact) mass is 325 g/mol. The van der Waals surface area contributed by atoms with E-state index in [1.165, 1.54) is 5.56 Å². The normalized spacial score (nSPS) is 15.3. The van der Waals surface area contributed by atoms with Crippen LogP contribution in [0.25, 0.3) is 17.2 Å². The zero-order valence-electron chi connectivity index (χ0n) is 14.6. The molecule has 0 atom stereocenters. The van der Waals surface area contributed by atoms with Crippen molar-refractivity contribution >= 4 is 6.08 Å². The summed E-state index contributed by atoms with van der Waals surface area (Å²) in [4.78, 5) is 2.28. The Bertz CT molecular complexity index is 768. The molecule has 2 aromatic carbocycles. The molecular formula is C20H23NO3. The number of hydrogen-bond acceptors (Lipinski definition) is 4. The molecule has 4 heteroatoms. The second-order valence-corrected chi connectivity index (χ2v) is 5.87. The second kappa shape index (κ2) is 6.97. The first-order valence-electron chi connectivity index (χ1n) is 7.96. The van der Waals surface area contributed by atoms with E-state index >= 15 is 0 Å². The molecule has 0 saturated heterocycles. The Kier molecular flexibility index (Phi) is 4.76. The number of hydrogen-bond donors (Lipinski definition) is 0. The summed E-state index contributed by atoms with van der Waals surface area (Å²) in [5, 5.41) is 0. The molecule has 0 fully saturated rings. The molecule has 0 unspecified atom stereocenters. The second-order valence-electron chi connectivity index (χ2n) is 5.87. The Morgan fingerprint density at radius 3 is 2.42 bits per heavy atom. The molecule has 126 valence electrons. The highest BCUT2D eigenvalue weighted by Gasteiger charge is 2.23. The fourth-order valence-electron chi connectivity index (χ4n) is 3.20. The number of fused-ring (bicyclic) bond motifs is 3. The Balaban J connectivity index is 2.37. The van der Waals surface area contributed by atoms with E-state index < -0.39 is 0 Å². The van der Waals surface area contributed by atoms with Gasteiger partial charge in [-0.05, 0) is 29.8 Å². The van der Waals surface area contributed by atoms with Crippen LogP contribution in [0.1, 0.15) is 11.1 Å². The molecule has 3 rings (SSSR count). The van der Waals surface area contributed by atoms with Crippen molar-refractivity contribution in [2.45, 2.75) is 6.54 Å². The van der Waals surface area contributed by atoms with E-state index in [4.69, 9.17) is 14.2 Å². The quantitative estimate of drug-likeness (QED) is 0.858. The molecule has 2 aromatic rings. The fraction of sp³-hybridized carbons (Fsp3) is 0.300. The summed E-state index contributed by atoms with van der Waals surface area (Å²) in [6.45, 7) is 1.75. The van der Waals surface area contributed by atoms with Crippen LogP contribution in [0.2, 0.25) is 0 Å². The number of nitrogens with zero attached hydrogens (tertiary/aromatic N) is 1. The minimum Gasteiger partial charge on any atom is -0.493 e. The third-order valence-corrected chi connectivity index (χ3v) is 4.30. The lowest BCUT2D eigenvalue weighted by Gasteiger charge is -2.21. The molecular weight excluding hydrogens is 302 g/mol. The lowest BCUT2D eigenvalue weighted by molar-refractivity contribution is 0.325. The van der Waals surface area contributed by atoms with Crippen LogP contribution in [0, 0.1) is 0 Å². The summed E-state index contributed by atoms with van der Waals surface area (Å²) >= 11 is 0. The topological polar surface area (TPSA) is 30.9 Å². The average Bonchev–Trinajstić information content (AvgIpc) is 2.67. The first kappa shape index (κ1) is 16.4. The average molecular weight is 325 g/mol. The predicted octanol–water partition coefficient (Wildman–Crippen LogP) is 3.84. The molecule has 0 aliphatic carbocycles. The van der Waals surface area contributed by atoms with Gasteiger partial charge in [-0.25, -0.2) is 0 Å². The van der Waals surface area contributed by atoms with Crippen molar-refractivity contribution in [1.29, 1.82) is 0 Å². The largest absolute Gasteiger partial charge is 0.493 e. The van der Waals surface area contributed by atoms with Gasteiger partial charge in [-0.1, -0.05) is 36.4 Å². The van der Waals surface area contributed by atoms with Gasteiger partial charge in [0.05, 0.1) is 21.3 Å². The molecule has 0 amide bonds. The third-order valence-electron chi connectivity index (χ3n) is 4.30. The van der Waals surface area contributed by atoms with Crippen molar-refractivity contribution in [3.8, 4) is 28.4 Å². The van der Waals surface area contributed by atoms with Crippen molar-refractivity contribution in [2.24, 2.45) is 0 Å². The lowest BCUT2D eigenvalue weighted by atomic mass is 9.93. The Hall–Kier alpha value is -2.46. The first-order valence-corrected chi connectivity index (χ1v) is 7.96. The summed E-state index contributed by atoms with van der Waals surface area (Å²) < 4.78 is 16.8. The van der Waals surface area contributed by atoms with Gasteiger partial charge in [0.25, 0.3) is 0 Å². The SMILES string of the molecule is COc1cc2c(c(OC)c1OC)-c1ccccc1CN(C)C/C=C\2. The van der Waals surface area contributed by atoms with Crippen molar-refractivity contribution < 1.29 is 14.2 Å². The maximum absolute atomic E-state index is 5.75.